The Kier molecular flexibility index (Phi) is 4.84. The van der Waals surface area contributed by atoms with Crippen LogP contribution in [0.15, 0.2) is 48.5 Å². The van der Waals surface area contributed by atoms with Crippen molar-refractivity contribution in [2.24, 2.45) is 0 Å². The first-order valence-corrected chi connectivity index (χ1v) is 7.97. The van der Waals surface area contributed by atoms with Gasteiger partial charge in [0.1, 0.15) is 5.75 Å². The number of hydrogen-bond acceptors (Lipinski definition) is 5. The fourth-order valence-corrected chi connectivity index (χ4v) is 2.67. The number of nitrogens with zero attached hydrogens (tertiary/aromatic N) is 1. The summed E-state index contributed by atoms with van der Waals surface area (Å²) in [5.41, 5.74) is 2.44. The van der Waals surface area contributed by atoms with Crippen LogP contribution in [0, 0.1) is 6.92 Å². The molecular formula is C20H18N2O4. The van der Waals surface area contributed by atoms with Gasteiger partial charge in [0.15, 0.2) is 0 Å². The summed E-state index contributed by atoms with van der Waals surface area (Å²) in [5.74, 6) is -0.154. The Labute approximate surface area is 150 Å². The number of para-hydroxylation sites is 1. The molecule has 0 fully saturated rings. The quantitative estimate of drug-likeness (QED) is 0.728. The van der Waals surface area contributed by atoms with Gasteiger partial charge in [-0.05, 0) is 37.3 Å². The fourth-order valence-electron chi connectivity index (χ4n) is 2.67. The Morgan fingerprint density at radius 1 is 1.00 bits per heavy atom. The third-order valence-corrected chi connectivity index (χ3v) is 4.04. The Morgan fingerprint density at radius 3 is 2.50 bits per heavy atom. The van der Waals surface area contributed by atoms with Crippen molar-refractivity contribution in [3.05, 3.63) is 65.4 Å². The number of amides is 1. The summed E-state index contributed by atoms with van der Waals surface area (Å²) in [6.45, 7) is 1.76. The second-order valence-corrected chi connectivity index (χ2v) is 5.67. The molecule has 0 aliphatic carbocycles. The van der Waals surface area contributed by atoms with Gasteiger partial charge >= 0.3 is 5.97 Å². The SMILES string of the molecule is COC(=O)c1ccccc1NC(=O)c1cc2ccc(OC)cc2nc1C. The molecule has 1 amide bonds. The van der Waals surface area contributed by atoms with Crippen molar-refractivity contribution in [1.29, 1.82) is 0 Å². The van der Waals surface area contributed by atoms with Crippen LogP contribution in [0.3, 0.4) is 0 Å². The average molecular weight is 350 g/mol. The Balaban J connectivity index is 1.96. The van der Waals surface area contributed by atoms with Gasteiger partial charge in [0.25, 0.3) is 5.91 Å². The summed E-state index contributed by atoms with van der Waals surface area (Å²) in [4.78, 5) is 29.1. The lowest BCUT2D eigenvalue weighted by atomic mass is 10.1. The third kappa shape index (κ3) is 3.35. The van der Waals surface area contributed by atoms with Crippen LogP contribution >= 0.6 is 0 Å². The number of anilines is 1. The summed E-state index contributed by atoms with van der Waals surface area (Å²) in [7, 11) is 2.89. The maximum absolute atomic E-state index is 12.7. The van der Waals surface area contributed by atoms with Gasteiger partial charge in [0.2, 0.25) is 0 Å². The molecule has 3 rings (SSSR count). The van der Waals surface area contributed by atoms with Crippen molar-refractivity contribution in [3.63, 3.8) is 0 Å². The number of ether oxygens (including phenoxy) is 2. The molecule has 1 heterocycles. The van der Waals surface area contributed by atoms with Gasteiger partial charge in [0, 0.05) is 11.5 Å². The summed E-state index contributed by atoms with van der Waals surface area (Å²) in [5, 5.41) is 3.59. The minimum Gasteiger partial charge on any atom is -0.497 e. The zero-order chi connectivity index (χ0) is 18.7. The number of aromatic nitrogens is 1. The number of esters is 1. The van der Waals surface area contributed by atoms with E-state index >= 15 is 0 Å². The van der Waals surface area contributed by atoms with Crippen molar-refractivity contribution in [1.82, 2.24) is 4.98 Å². The van der Waals surface area contributed by atoms with Crippen LogP contribution in [-0.4, -0.2) is 31.1 Å². The minimum absolute atomic E-state index is 0.291. The molecule has 3 aromatic rings. The lowest BCUT2D eigenvalue weighted by molar-refractivity contribution is 0.0602. The predicted octanol–water partition coefficient (Wildman–Crippen LogP) is 3.59. The monoisotopic (exact) mass is 350 g/mol. The number of rotatable bonds is 4. The largest absolute Gasteiger partial charge is 0.497 e. The van der Waals surface area contributed by atoms with E-state index in [2.05, 4.69) is 10.3 Å². The fraction of sp³-hybridized carbons (Fsp3) is 0.150. The van der Waals surface area contributed by atoms with Crippen LogP contribution in [0.25, 0.3) is 10.9 Å². The van der Waals surface area contributed by atoms with Crippen LogP contribution < -0.4 is 10.1 Å². The molecule has 132 valence electrons. The van der Waals surface area contributed by atoms with E-state index in [1.165, 1.54) is 7.11 Å². The zero-order valence-electron chi connectivity index (χ0n) is 14.7. The van der Waals surface area contributed by atoms with Gasteiger partial charge < -0.3 is 14.8 Å². The van der Waals surface area contributed by atoms with Crippen LogP contribution in [0.5, 0.6) is 5.75 Å². The van der Waals surface area contributed by atoms with E-state index in [0.717, 1.165) is 10.9 Å². The molecule has 1 aromatic heterocycles. The number of nitrogens with one attached hydrogen (secondary N) is 1. The highest BCUT2D eigenvalue weighted by molar-refractivity contribution is 6.09. The van der Waals surface area contributed by atoms with Crippen LogP contribution in [0.4, 0.5) is 5.69 Å². The second-order valence-electron chi connectivity index (χ2n) is 5.67. The summed E-state index contributed by atoms with van der Waals surface area (Å²) < 4.78 is 9.95. The van der Waals surface area contributed by atoms with Crippen LogP contribution in [0.1, 0.15) is 26.4 Å². The van der Waals surface area contributed by atoms with Crippen molar-refractivity contribution >= 4 is 28.5 Å². The van der Waals surface area contributed by atoms with Gasteiger partial charge in [-0.15, -0.1) is 0 Å². The summed E-state index contributed by atoms with van der Waals surface area (Å²) in [6.07, 6.45) is 0. The number of benzene rings is 2. The molecule has 0 atom stereocenters. The number of carbonyl (C=O) groups is 2. The van der Waals surface area contributed by atoms with E-state index in [0.29, 0.717) is 28.3 Å². The Morgan fingerprint density at radius 2 is 1.77 bits per heavy atom. The standard InChI is InChI=1S/C20H18N2O4/c1-12-16(10-13-8-9-14(25-2)11-18(13)21-12)19(23)22-17-7-5-4-6-15(17)20(24)26-3/h4-11H,1-3H3,(H,22,23). The number of fused-ring (bicyclic) bond motifs is 1. The number of pyridine rings is 1. The van der Waals surface area contributed by atoms with Crippen molar-refractivity contribution in [3.8, 4) is 5.75 Å². The van der Waals surface area contributed by atoms with Gasteiger partial charge in [0.05, 0.1) is 42.2 Å². The second kappa shape index (κ2) is 7.23. The highest BCUT2D eigenvalue weighted by atomic mass is 16.5. The van der Waals surface area contributed by atoms with E-state index in [9.17, 15) is 9.59 Å². The third-order valence-electron chi connectivity index (χ3n) is 4.04. The number of hydrogen-bond donors (Lipinski definition) is 1. The first kappa shape index (κ1) is 17.4. The molecule has 0 radical (unpaired) electrons. The van der Waals surface area contributed by atoms with Gasteiger partial charge in [-0.1, -0.05) is 12.1 Å². The lowest BCUT2D eigenvalue weighted by Crippen LogP contribution is -2.17. The first-order valence-electron chi connectivity index (χ1n) is 7.97. The molecule has 6 nitrogen and oxygen atoms in total. The van der Waals surface area contributed by atoms with Gasteiger partial charge in [-0.2, -0.15) is 0 Å². The van der Waals surface area contributed by atoms with Crippen molar-refractivity contribution in [2.45, 2.75) is 6.92 Å². The molecule has 0 aliphatic rings. The topological polar surface area (TPSA) is 77.5 Å². The molecule has 0 spiro atoms. The Bertz CT molecular complexity index is 998. The molecule has 26 heavy (non-hydrogen) atoms. The molecule has 0 unspecified atom stereocenters. The maximum Gasteiger partial charge on any atom is 0.339 e. The zero-order valence-corrected chi connectivity index (χ0v) is 14.7. The van der Waals surface area contributed by atoms with E-state index in [1.54, 1.807) is 44.4 Å². The van der Waals surface area contributed by atoms with Crippen LogP contribution in [0.2, 0.25) is 0 Å². The van der Waals surface area contributed by atoms with Crippen molar-refractivity contribution < 1.29 is 19.1 Å². The Hall–Kier alpha value is -3.41. The van der Waals surface area contributed by atoms with Gasteiger partial charge in [-0.25, -0.2) is 4.79 Å². The van der Waals surface area contributed by atoms with Crippen molar-refractivity contribution in [2.75, 3.05) is 19.5 Å². The number of carbonyl (C=O) groups excluding carboxylic acids is 2. The van der Waals surface area contributed by atoms with E-state index < -0.39 is 5.97 Å². The number of aryl methyl sites for hydroxylation is 1. The average Bonchev–Trinajstić information content (AvgIpc) is 2.66. The molecule has 0 saturated carbocycles. The van der Waals surface area contributed by atoms with Crippen LogP contribution in [-0.2, 0) is 4.74 Å². The first-order chi connectivity index (χ1) is 12.5. The normalized spacial score (nSPS) is 10.4. The molecule has 0 saturated heterocycles. The summed E-state index contributed by atoms with van der Waals surface area (Å²) >= 11 is 0. The molecule has 0 bridgehead atoms. The molecule has 2 aromatic carbocycles. The summed E-state index contributed by atoms with van der Waals surface area (Å²) in [6, 6.07) is 13.9. The lowest BCUT2D eigenvalue weighted by Gasteiger charge is -2.12. The van der Waals surface area contributed by atoms with E-state index in [-0.39, 0.29) is 5.91 Å². The molecular weight excluding hydrogens is 332 g/mol. The number of methoxy groups -OCH3 is 2. The minimum atomic E-state index is -0.513. The molecule has 6 heteroatoms. The molecule has 0 aliphatic heterocycles. The van der Waals surface area contributed by atoms with Gasteiger partial charge in [-0.3, -0.25) is 9.78 Å². The maximum atomic E-state index is 12.7. The predicted molar refractivity (Wildman–Crippen MR) is 98.8 cm³/mol. The van der Waals surface area contributed by atoms with E-state index in [1.807, 2.05) is 18.2 Å². The molecule has 1 N–H and O–H groups in total. The van der Waals surface area contributed by atoms with E-state index in [4.69, 9.17) is 9.47 Å². The smallest absolute Gasteiger partial charge is 0.339 e. The highest BCUT2D eigenvalue weighted by Gasteiger charge is 2.16. The highest BCUT2D eigenvalue weighted by Crippen LogP contribution is 2.23.